The molecule has 1 unspecified atom stereocenters. The first-order valence-electron chi connectivity index (χ1n) is 6.35. The van der Waals surface area contributed by atoms with Gasteiger partial charge in [-0.1, -0.05) is 6.07 Å². The van der Waals surface area contributed by atoms with Crippen molar-refractivity contribution in [2.45, 2.75) is 38.8 Å². The standard InChI is InChI=1S/C14H20N2O2/c1-9(2)16(8-14(15)18)13-6-3-10-7-11(17)4-5-12(10)13/h4-5,7,9,13,17H,3,6,8H2,1-2H3,(H2,15,18). The van der Waals surface area contributed by atoms with E-state index in [0.29, 0.717) is 5.75 Å². The fourth-order valence-electron chi connectivity index (χ4n) is 2.76. The summed E-state index contributed by atoms with van der Waals surface area (Å²) in [5.41, 5.74) is 7.71. The topological polar surface area (TPSA) is 66.6 Å². The molecule has 1 amide bonds. The quantitative estimate of drug-likeness (QED) is 0.850. The number of benzene rings is 1. The van der Waals surface area contributed by atoms with Crippen molar-refractivity contribution >= 4 is 5.91 Å². The van der Waals surface area contributed by atoms with Crippen LogP contribution in [0.2, 0.25) is 0 Å². The highest BCUT2D eigenvalue weighted by Gasteiger charge is 2.30. The van der Waals surface area contributed by atoms with Crippen LogP contribution in [-0.4, -0.2) is 28.5 Å². The Morgan fingerprint density at radius 1 is 1.56 bits per heavy atom. The number of nitrogens with zero attached hydrogens (tertiary/aromatic N) is 1. The molecule has 1 aromatic carbocycles. The second kappa shape index (κ2) is 4.98. The zero-order valence-corrected chi connectivity index (χ0v) is 10.9. The number of phenols is 1. The largest absolute Gasteiger partial charge is 0.508 e. The Kier molecular flexibility index (Phi) is 3.57. The molecule has 3 N–H and O–H groups in total. The van der Waals surface area contributed by atoms with Gasteiger partial charge in [0.25, 0.3) is 0 Å². The molecule has 4 nitrogen and oxygen atoms in total. The Balaban J connectivity index is 2.27. The van der Waals surface area contributed by atoms with Crippen molar-refractivity contribution in [3.63, 3.8) is 0 Å². The van der Waals surface area contributed by atoms with Gasteiger partial charge in [-0.2, -0.15) is 0 Å². The zero-order valence-electron chi connectivity index (χ0n) is 10.9. The molecule has 1 aromatic rings. The van der Waals surface area contributed by atoms with E-state index in [1.807, 2.05) is 12.1 Å². The Morgan fingerprint density at radius 3 is 2.89 bits per heavy atom. The van der Waals surface area contributed by atoms with Crippen molar-refractivity contribution in [1.29, 1.82) is 0 Å². The summed E-state index contributed by atoms with van der Waals surface area (Å²) in [6.07, 6.45) is 1.92. The number of aromatic hydroxyl groups is 1. The monoisotopic (exact) mass is 248 g/mol. The van der Waals surface area contributed by atoms with E-state index in [9.17, 15) is 9.90 Å². The summed E-state index contributed by atoms with van der Waals surface area (Å²) in [6.45, 7) is 4.42. The van der Waals surface area contributed by atoms with Crippen molar-refractivity contribution in [2.24, 2.45) is 5.73 Å². The van der Waals surface area contributed by atoms with E-state index < -0.39 is 0 Å². The van der Waals surface area contributed by atoms with Crippen LogP contribution in [0.15, 0.2) is 18.2 Å². The minimum atomic E-state index is -0.295. The van der Waals surface area contributed by atoms with E-state index in [0.717, 1.165) is 12.8 Å². The molecule has 2 rings (SSSR count). The average Bonchev–Trinajstić information content (AvgIpc) is 2.67. The van der Waals surface area contributed by atoms with Crippen molar-refractivity contribution in [3.8, 4) is 5.75 Å². The Morgan fingerprint density at radius 2 is 2.28 bits per heavy atom. The average molecular weight is 248 g/mol. The summed E-state index contributed by atoms with van der Waals surface area (Å²) in [5.74, 6) is 0.0105. The highest BCUT2D eigenvalue weighted by molar-refractivity contribution is 5.76. The van der Waals surface area contributed by atoms with Crippen molar-refractivity contribution in [1.82, 2.24) is 4.90 Å². The molecule has 0 saturated carbocycles. The van der Waals surface area contributed by atoms with Crippen LogP contribution in [0, 0.1) is 0 Å². The molecule has 1 aliphatic rings. The SMILES string of the molecule is CC(C)N(CC(N)=O)C1CCc2cc(O)ccc21. The van der Waals surface area contributed by atoms with E-state index in [2.05, 4.69) is 18.7 Å². The van der Waals surface area contributed by atoms with E-state index in [1.165, 1.54) is 11.1 Å². The number of hydrogen-bond acceptors (Lipinski definition) is 3. The summed E-state index contributed by atoms with van der Waals surface area (Å²) < 4.78 is 0. The molecule has 0 aromatic heterocycles. The van der Waals surface area contributed by atoms with Crippen LogP contribution >= 0.6 is 0 Å². The molecule has 0 aliphatic heterocycles. The second-order valence-corrected chi connectivity index (χ2v) is 5.17. The summed E-state index contributed by atoms with van der Waals surface area (Å²) in [7, 11) is 0. The van der Waals surface area contributed by atoms with Gasteiger partial charge in [-0.3, -0.25) is 9.69 Å². The summed E-state index contributed by atoms with van der Waals surface area (Å²) in [5, 5.41) is 9.49. The number of carbonyl (C=O) groups excluding carboxylic acids is 1. The third-order valence-electron chi connectivity index (χ3n) is 3.57. The van der Waals surface area contributed by atoms with E-state index >= 15 is 0 Å². The predicted octanol–water partition coefficient (Wildman–Crippen LogP) is 1.58. The molecule has 0 heterocycles. The lowest BCUT2D eigenvalue weighted by molar-refractivity contribution is -0.120. The van der Waals surface area contributed by atoms with Gasteiger partial charge in [0, 0.05) is 12.1 Å². The maximum Gasteiger partial charge on any atom is 0.231 e. The number of aryl methyl sites for hydroxylation is 1. The van der Waals surface area contributed by atoms with Gasteiger partial charge in [0.05, 0.1) is 6.54 Å². The first-order valence-corrected chi connectivity index (χ1v) is 6.35. The van der Waals surface area contributed by atoms with Gasteiger partial charge in [-0.05, 0) is 49.9 Å². The number of primary amides is 1. The van der Waals surface area contributed by atoms with Crippen LogP contribution in [0.5, 0.6) is 5.75 Å². The highest BCUT2D eigenvalue weighted by Crippen LogP contribution is 2.38. The maximum absolute atomic E-state index is 11.2. The van der Waals surface area contributed by atoms with Gasteiger partial charge in [-0.25, -0.2) is 0 Å². The summed E-state index contributed by atoms with van der Waals surface area (Å²) in [4.78, 5) is 13.3. The van der Waals surface area contributed by atoms with E-state index in [4.69, 9.17) is 5.73 Å². The highest BCUT2D eigenvalue weighted by atomic mass is 16.3. The summed E-state index contributed by atoms with van der Waals surface area (Å²) in [6, 6.07) is 5.98. The second-order valence-electron chi connectivity index (χ2n) is 5.17. The molecule has 0 radical (unpaired) electrons. The first kappa shape index (κ1) is 12.9. The van der Waals surface area contributed by atoms with Gasteiger partial charge in [0.2, 0.25) is 5.91 Å². The van der Waals surface area contributed by atoms with E-state index in [1.54, 1.807) is 6.07 Å². The molecule has 4 heteroatoms. The van der Waals surface area contributed by atoms with Crippen LogP contribution in [0.3, 0.4) is 0 Å². The lowest BCUT2D eigenvalue weighted by Gasteiger charge is -2.32. The molecule has 0 bridgehead atoms. The number of carbonyl (C=O) groups is 1. The van der Waals surface area contributed by atoms with Crippen molar-refractivity contribution < 1.29 is 9.90 Å². The zero-order chi connectivity index (χ0) is 13.3. The first-order chi connectivity index (χ1) is 8.49. The molecular weight excluding hydrogens is 228 g/mol. The number of amides is 1. The van der Waals surface area contributed by atoms with E-state index in [-0.39, 0.29) is 24.5 Å². The van der Waals surface area contributed by atoms with Crippen molar-refractivity contribution in [3.05, 3.63) is 29.3 Å². The van der Waals surface area contributed by atoms with Gasteiger partial charge < -0.3 is 10.8 Å². The molecule has 98 valence electrons. The molecule has 0 spiro atoms. The van der Waals surface area contributed by atoms with Crippen molar-refractivity contribution in [2.75, 3.05) is 6.54 Å². The number of hydrogen-bond donors (Lipinski definition) is 2. The fraction of sp³-hybridized carbons (Fsp3) is 0.500. The molecule has 0 saturated heterocycles. The third-order valence-corrected chi connectivity index (χ3v) is 3.57. The molecule has 18 heavy (non-hydrogen) atoms. The Hall–Kier alpha value is -1.55. The van der Waals surface area contributed by atoms with Gasteiger partial charge >= 0.3 is 0 Å². The lowest BCUT2D eigenvalue weighted by Crippen LogP contribution is -2.40. The number of phenolic OH excluding ortho intramolecular Hbond substituents is 1. The van der Waals surface area contributed by atoms with Crippen LogP contribution in [0.1, 0.15) is 37.4 Å². The van der Waals surface area contributed by atoms with Gasteiger partial charge in [0.1, 0.15) is 5.75 Å². The van der Waals surface area contributed by atoms with Gasteiger partial charge in [0.15, 0.2) is 0 Å². The Labute approximate surface area is 107 Å². The third kappa shape index (κ3) is 2.48. The predicted molar refractivity (Wildman–Crippen MR) is 70.2 cm³/mol. The van der Waals surface area contributed by atoms with Crippen LogP contribution in [0.25, 0.3) is 0 Å². The van der Waals surface area contributed by atoms with Gasteiger partial charge in [-0.15, -0.1) is 0 Å². The molecule has 0 fully saturated rings. The number of rotatable bonds is 4. The minimum Gasteiger partial charge on any atom is -0.508 e. The molecule has 1 aliphatic carbocycles. The minimum absolute atomic E-state index is 0.230. The number of fused-ring (bicyclic) bond motifs is 1. The number of nitrogens with two attached hydrogens (primary N) is 1. The van der Waals surface area contributed by atoms with Crippen LogP contribution in [-0.2, 0) is 11.2 Å². The Bertz CT molecular complexity index is 457. The molecule has 1 atom stereocenters. The maximum atomic E-state index is 11.2. The molecular formula is C14H20N2O2. The lowest BCUT2D eigenvalue weighted by atomic mass is 10.1. The smallest absolute Gasteiger partial charge is 0.231 e. The van der Waals surface area contributed by atoms with Crippen LogP contribution in [0.4, 0.5) is 0 Å². The van der Waals surface area contributed by atoms with Crippen LogP contribution < -0.4 is 5.73 Å². The fourth-order valence-corrected chi connectivity index (χ4v) is 2.76. The summed E-state index contributed by atoms with van der Waals surface area (Å²) >= 11 is 0. The normalized spacial score (nSPS) is 18.3.